The number of rotatable bonds is 5. The third-order valence-corrected chi connectivity index (χ3v) is 9.83. The van der Waals surface area contributed by atoms with Crippen LogP contribution in [0, 0.1) is 52.2 Å². The van der Waals surface area contributed by atoms with Crippen LogP contribution in [0.5, 0.6) is 0 Å². The van der Waals surface area contributed by atoms with Crippen molar-refractivity contribution < 1.29 is 56.2 Å². The topological polar surface area (TPSA) is 77.4 Å². The van der Waals surface area contributed by atoms with E-state index < -0.39 is 47.8 Å². The van der Waals surface area contributed by atoms with Crippen molar-refractivity contribution in [2.24, 2.45) is 52.2 Å². The fourth-order valence-electron chi connectivity index (χ4n) is 8.34. The predicted molar refractivity (Wildman–Crippen MR) is 114 cm³/mol. The van der Waals surface area contributed by atoms with E-state index in [1.54, 1.807) is 6.92 Å². The van der Waals surface area contributed by atoms with Gasteiger partial charge in [-0.05, 0) is 97.2 Å². The average Bonchev–Trinajstić information content (AvgIpc) is 3.10. The Hall–Kier alpha value is 0.1000. The largest absolute Gasteiger partial charge is 1.00 e. The van der Waals surface area contributed by atoms with Crippen molar-refractivity contribution in [3.8, 4) is 0 Å². The molecule has 4 aliphatic carbocycles. The zero-order valence-corrected chi connectivity index (χ0v) is 21.9. The molecule has 0 saturated heterocycles. The summed E-state index contributed by atoms with van der Waals surface area (Å²) < 4.78 is 43.8. The summed E-state index contributed by atoms with van der Waals surface area (Å²) in [5.74, 6) is -4.69. The smallest absolute Gasteiger partial charge is 0.550 e. The molecule has 0 aromatic heterocycles. The molecular formula is C26H41NaO4. The van der Waals surface area contributed by atoms with Gasteiger partial charge in [-0.3, -0.25) is 4.79 Å². The summed E-state index contributed by atoms with van der Waals surface area (Å²) in [6.45, 7) is 7.98. The van der Waals surface area contributed by atoms with E-state index in [2.05, 4.69) is 13.8 Å². The number of hydrogen-bond acceptors (Lipinski definition) is 4. The van der Waals surface area contributed by atoms with Crippen LogP contribution < -0.4 is 34.7 Å². The van der Waals surface area contributed by atoms with Crippen LogP contribution in [0.25, 0.3) is 0 Å². The molecule has 4 fully saturated rings. The molecular weight excluding hydrogens is 399 g/mol. The van der Waals surface area contributed by atoms with E-state index in [9.17, 15) is 21.2 Å². The molecule has 0 amide bonds. The second-order valence-corrected chi connectivity index (χ2v) is 11.0. The van der Waals surface area contributed by atoms with E-state index >= 15 is 0 Å². The minimum absolute atomic E-state index is 0. The van der Waals surface area contributed by atoms with Crippen molar-refractivity contribution >= 4 is 11.8 Å². The van der Waals surface area contributed by atoms with E-state index in [-0.39, 0.29) is 83.8 Å². The molecule has 0 radical (unpaired) electrons. The molecule has 4 unspecified atom stereocenters. The first-order chi connectivity index (χ1) is 16.0. The van der Waals surface area contributed by atoms with Gasteiger partial charge >= 0.3 is 29.6 Å². The van der Waals surface area contributed by atoms with Gasteiger partial charge in [-0.25, -0.2) is 0 Å². The Kier molecular flexibility index (Phi) is 5.88. The maximum absolute atomic E-state index is 12.9. The molecule has 0 bridgehead atoms. The number of aliphatic hydroxyl groups excluding tert-OH is 1. The molecule has 4 aliphatic rings. The molecule has 0 aromatic rings. The Morgan fingerprint density at radius 3 is 2.55 bits per heavy atom. The van der Waals surface area contributed by atoms with Crippen molar-refractivity contribution in [3.63, 3.8) is 0 Å². The number of hydrogen-bond donors (Lipinski definition) is 1. The number of carboxylic acid groups (broad SMARTS) is 1. The number of fused-ring (bicyclic) bond motifs is 5. The van der Waals surface area contributed by atoms with E-state index in [0.29, 0.717) is 12.8 Å². The molecule has 5 heteroatoms. The van der Waals surface area contributed by atoms with Gasteiger partial charge in [0.1, 0.15) is 5.78 Å². The van der Waals surface area contributed by atoms with Crippen molar-refractivity contribution in [1.82, 2.24) is 0 Å². The Morgan fingerprint density at radius 1 is 1.23 bits per heavy atom. The number of aliphatic carboxylic acids is 1. The van der Waals surface area contributed by atoms with E-state index in [0.717, 1.165) is 19.3 Å². The Labute approximate surface area is 217 Å². The first kappa shape index (κ1) is 19.4. The van der Waals surface area contributed by atoms with E-state index in [1.165, 1.54) is 0 Å². The molecule has 4 rings (SSSR count). The summed E-state index contributed by atoms with van der Waals surface area (Å²) in [6.07, 6.45) is -2.01. The summed E-state index contributed by atoms with van der Waals surface area (Å²) in [7, 11) is 0. The van der Waals surface area contributed by atoms with E-state index in [4.69, 9.17) is 5.48 Å². The molecule has 170 valence electrons. The average molecular weight is 446 g/mol. The Bertz CT molecular complexity index is 902. The van der Waals surface area contributed by atoms with Crippen LogP contribution in [0.3, 0.4) is 0 Å². The van der Waals surface area contributed by atoms with Gasteiger partial charge in [-0.2, -0.15) is 0 Å². The maximum atomic E-state index is 12.9. The predicted octanol–water partition coefficient (Wildman–Crippen LogP) is 0.992. The van der Waals surface area contributed by atoms with Crippen molar-refractivity contribution in [2.45, 2.75) is 97.9 Å². The molecule has 0 aliphatic heterocycles. The van der Waals surface area contributed by atoms with Crippen LogP contribution in [0.1, 0.15) is 98.7 Å². The number of aliphatic hydroxyl groups is 1. The van der Waals surface area contributed by atoms with Crippen LogP contribution in [-0.2, 0) is 9.59 Å². The fraction of sp³-hybridized carbons (Fsp3) is 0.923. The Morgan fingerprint density at radius 2 is 1.90 bits per heavy atom. The van der Waals surface area contributed by atoms with Gasteiger partial charge in [0.2, 0.25) is 0 Å². The second kappa shape index (κ2) is 9.39. The molecule has 0 aromatic carbocycles. The van der Waals surface area contributed by atoms with Crippen molar-refractivity contribution in [1.29, 1.82) is 0 Å². The summed E-state index contributed by atoms with van der Waals surface area (Å²) in [4.78, 5) is 24.0. The third-order valence-electron chi connectivity index (χ3n) is 9.83. The number of ketones is 1. The SMILES string of the molecule is [2H]C1([2H])C[C@]2(C)C3CC[C@@]4(C)C(CC[C@@H]4[C@H](C)CCC(=O)[O-])C3[C@H](O)C([2H])(CC)[C@@H]2C([2H])([2H])C1=O.[Na+]. The summed E-state index contributed by atoms with van der Waals surface area (Å²) in [5, 5.41) is 22.9. The van der Waals surface area contributed by atoms with Crippen molar-refractivity contribution in [3.05, 3.63) is 0 Å². The monoisotopic (exact) mass is 445 g/mol. The third kappa shape index (κ3) is 4.10. The van der Waals surface area contributed by atoms with Crippen LogP contribution in [0.15, 0.2) is 0 Å². The van der Waals surface area contributed by atoms with Gasteiger partial charge in [-0.1, -0.05) is 34.1 Å². The van der Waals surface area contributed by atoms with Crippen LogP contribution in [0.2, 0.25) is 0 Å². The number of carbonyl (C=O) groups is 2. The zero-order chi connectivity index (χ0) is 26.4. The first-order valence-corrected chi connectivity index (χ1v) is 11.9. The second-order valence-electron chi connectivity index (χ2n) is 11.0. The van der Waals surface area contributed by atoms with Gasteiger partial charge in [0.05, 0.1) is 6.10 Å². The quantitative estimate of drug-likeness (QED) is 0.641. The number of carboxylic acids is 1. The zero-order valence-electron chi connectivity index (χ0n) is 24.9. The van der Waals surface area contributed by atoms with Gasteiger partial charge in [-0.15, -0.1) is 0 Å². The van der Waals surface area contributed by atoms with Crippen LogP contribution in [0.4, 0.5) is 0 Å². The molecule has 4 saturated carbocycles. The number of carbonyl (C=O) groups excluding carboxylic acids is 2. The van der Waals surface area contributed by atoms with E-state index in [1.807, 2.05) is 6.92 Å². The molecule has 10 atom stereocenters. The number of Topliss-reactive ketones (excluding diaryl/α,β-unsaturated/α-hetero) is 1. The minimum atomic E-state index is -2.53. The summed E-state index contributed by atoms with van der Waals surface area (Å²) in [6, 6.07) is 0. The minimum Gasteiger partial charge on any atom is -0.550 e. The Balaban J connectivity index is 0.00000361. The molecule has 0 spiro atoms. The van der Waals surface area contributed by atoms with Crippen LogP contribution in [-0.4, -0.2) is 23.0 Å². The van der Waals surface area contributed by atoms with Gasteiger partial charge in [0, 0.05) is 25.6 Å². The normalized spacial score (nSPS) is 55.5. The van der Waals surface area contributed by atoms with Crippen LogP contribution >= 0.6 is 0 Å². The standard InChI is InChI=1S/C26H42O4.Na/c1-5-17-21-14-16(27)10-12-26(21,4)20-11-13-25(3)18(15(2)6-9-22(28)29)7-8-19(25)23(20)24(17)30;/h15,17-21,23-24,30H,5-14H2,1-4H3,(H,28,29);/q;+1/p-1/t15-,17?,18-,19?,20?,21+,23?,24-,25-,26-;/m1./s1/i10D2,14D2,17D;. The van der Waals surface area contributed by atoms with Gasteiger partial charge in [0.25, 0.3) is 0 Å². The molecule has 4 nitrogen and oxygen atoms in total. The first-order valence-electron chi connectivity index (χ1n) is 14.4. The maximum Gasteiger partial charge on any atom is 1.00 e. The molecule has 0 heterocycles. The molecule has 31 heavy (non-hydrogen) atoms. The summed E-state index contributed by atoms with van der Waals surface area (Å²) in [5.41, 5.74) is -1.06. The van der Waals surface area contributed by atoms with Gasteiger partial charge in [0.15, 0.2) is 0 Å². The fourth-order valence-corrected chi connectivity index (χ4v) is 8.34. The van der Waals surface area contributed by atoms with Gasteiger partial charge < -0.3 is 15.0 Å². The molecule has 1 N–H and O–H groups in total. The summed E-state index contributed by atoms with van der Waals surface area (Å²) >= 11 is 0. The van der Waals surface area contributed by atoms with Crippen molar-refractivity contribution in [2.75, 3.05) is 0 Å².